The highest BCUT2D eigenvalue weighted by Crippen LogP contribution is 2.39. The molecule has 100 valence electrons. The summed E-state index contributed by atoms with van der Waals surface area (Å²) in [5, 5.41) is 10.4. The van der Waals surface area contributed by atoms with Crippen molar-refractivity contribution in [3.05, 3.63) is 47.0 Å². The predicted octanol–water partition coefficient (Wildman–Crippen LogP) is 2.78. The standard InChI is InChI=1S/C16H19NO2/c1-11(12-7-3-2-4-8-12)17-15(18)13-9-5-6-10-14(13)16(17)19/h2-4,7-8,11,15,18H,5-6,9-10H2,1H3/t11-,15+/m1/s1. The summed E-state index contributed by atoms with van der Waals surface area (Å²) in [6.45, 7) is 1.98. The first-order chi connectivity index (χ1) is 9.20. The zero-order valence-electron chi connectivity index (χ0n) is 11.2. The quantitative estimate of drug-likeness (QED) is 0.885. The summed E-state index contributed by atoms with van der Waals surface area (Å²) in [4.78, 5) is 14.1. The molecule has 2 aliphatic rings. The van der Waals surface area contributed by atoms with Gasteiger partial charge in [0.2, 0.25) is 0 Å². The summed E-state index contributed by atoms with van der Waals surface area (Å²) in [5.74, 6) is 0.0264. The first kappa shape index (κ1) is 12.4. The molecule has 0 aromatic heterocycles. The van der Waals surface area contributed by atoms with Crippen molar-refractivity contribution in [3.8, 4) is 0 Å². The third-order valence-electron chi connectivity index (χ3n) is 4.28. The van der Waals surface area contributed by atoms with Gasteiger partial charge >= 0.3 is 0 Å². The van der Waals surface area contributed by atoms with Crippen LogP contribution in [0.2, 0.25) is 0 Å². The summed E-state index contributed by atoms with van der Waals surface area (Å²) >= 11 is 0. The van der Waals surface area contributed by atoms with E-state index in [-0.39, 0.29) is 11.9 Å². The number of aliphatic hydroxyl groups is 1. The number of carbonyl (C=O) groups excluding carboxylic acids is 1. The lowest BCUT2D eigenvalue weighted by Crippen LogP contribution is -2.37. The molecule has 3 heteroatoms. The molecule has 1 N–H and O–H groups in total. The number of amides is 1. The number of hydrogen-bond acceptors (Lipinski definition) is 2. The van der Waals surface area contributed by atoms with Crippen molar-refractivity contribution < 1.29 is 9.90 Å². The molecule has 1 amide bonds. The highest BCUT2D eigenvalue weighted by molar-refractivity contribution is 5.97. The van der Waals surface area contributed by atoms with Crippen LogP contribution in [0.1, 0.15) is 44.2 Å². The Morgan fingerprint density at radius 1 is 1.21 bits per heavy atom. The van der Waals surface area contributed by atoms with Crippen LogP contribution in [-0.4, -0.2) is 22.1 Å². The van der Waals surface area contributed by atoms with Crippen molar-refractivity contribution in [2.24, 2.45) is 0 Å². The Morgan fingerprint density at radius 2 is 1.89 bits per heavy atom. The molecule has 1 heterocycles. The number of benzene rings is 1. The van der Waals surface area contributed by atoms with E-state index < -0.39 is 6.23 Å². The number of hydrogen-bond donors (Lipinski definition) is 1. The van der Waals surface area contributed by atoms with E-state index in [1.54, 1.807) is 4.90 Å². The van der Waals surface area contributed by atoms with Gasteiger partial charge in [0.15, 0.2) is 6.23 Å². The molecule has 0 saturated heterocycles. The molecular formula is C16H19NO2. The van der Waals surface area contributed by atoms with E-state index in [2.05, 4.69) is 0 Å². The van der Waals surface area contributed by atoms with Crippen LogP contribution in [0.15, 0.2) is 41.5 Å². The van der Waals surface area contributed by atoms with Gasteiger partial charge in [-0.15, -0.1) is 0 Å². The zero-order valence-corrected chi connectivity index (χ0v) is 11.2. The fourth-order valence-electron chi connectivity index (χ4n) is 3.17. The molecule has 0 spiro atoms. The molecule has 0 bridgehead atoms. The van der Waals surface area contributed by atoms with Gasteiger partial charge in [-0.3, -0.25) is 4.79 Å². The lowest BCUT2D eigenvalue weighted by molar-refractivity contribution is -0.135. The monoisotopic (exact) mass is 257 g/mol. The van der Waals surface area contributed by atoms with E-state index in [1.807, 2.05) is 37.3 Å². The van der Waals surface area contributed by atoms with Crippen molar-refractivity contribution in [1.82, 2.24) is 4.90 Å². The van der Waals surface area contributed by atoms with Crippen molar-refractivity contribution in [2.75, 3.05) is 0 Å². The van der Waals surface area contributed by atoms with Gasteiger partial charge in [-0.2, -0.15) is 0 Å². The number of rotatable bonds is 2. The minimum atomic E-state index is -0.724. The molecule has 1 aliphatic heterocycles. The highest BCUT2D eigenvalue weighted by Gasteiger charge is 2.41. The van der Waals surface area contributed by atoms with Crippen molar-refractivity contribution in [2.45, 2.75) is 44.9 Å². The van der Waals surface area contributed by atoms with E-state index >= 15 is 0 Å². The third kappa shape index (κ3) is 1.98. The largest absolute Gasteiger partial charge is 0.369 e. The second-order valence-electron chi connectivity index (χ2n) is 5.38. The van der Waals surface area contributed by atoms with E-state index in [9.17, 15) is 9.90 Å². The zero-order chi connectivity index (χ0) is 13.4. The van der Waals surface area contributed by atoms with E-state index in [4.69, 9.17) is 0 Å². The van der Waals surface area contributed by atoms with Crippen LogP contribution in [0.3, 0.4) is 0 Å². The third-order valence-corrected chi connectivity index (χ3v) is 4.28. The van der Waals surface area contributed by atoms with Crippen molar-refractivity contribution in [1.29, 1.82) is 0 Å². The normalized spacial score (nSPS) is 24.6. The molecule has 19 heavy (non-hydrogen) atoms. The topological polar surface area (TPSA) is 40.5 Å². The summed E-state index contributed by atoms with van der Waals surface area (Å²) in [6, 6.07) is 9.80. The Balaban J connectivity index is 1.89. The highest BCUT2D eigenvalue weighted by atomic mass is 16.3. The van der Waals surface area contributed by atoms with Crippen LogP contribution in [0.4, 0.5) is 0 Å². The first-order valence-corrected chi connectivity index (χ1v) is 6.97. The van der Waals surface area contributed by atoms with Crippen LogP contribution in [-0.2, 0) is 4.79 Å². The number of aliphatic hydroxyl groups excluding tert-OH is 1. The summed E-state index contributed by atoms with van der Waals surface area (Å²) in [5.41, 5.74) is 2.88. The van der Waals surface area contributed by atoms with E-state index in [0.717, 1.165) is 42.4 Å². The van der Waals surface area contributed by atoms with E-state index in [1.165, 1.54) is 0 Å². The summed E-state index contributed by atoms with van der Waals surface area (Å²) < 4.78 is 0. The Hall–Kier alpha value is -1.61. The minimum Gasteiger partial charge on any atom is -0.369 e. The van der Waals surface area contributed by atoms with Crippen molar-refractivity contribution >= 4 is 5.91 Å². The number of carbonyl (C=O) groups is 1. The van der Waals surface area contributed by atoms with Gasteiger partial charge in [-0.05, 0) is 43.7 Å². The summed E-state index contributed by atoms with van der Waals surface area (Å²) in [6.07, 6.45) is 3.10. The fourth-order valence-corrected chi connectivity index (χ4v) is 3.17. The molecule has 1 aromatic rings. The molecule has 2 atom stereocenters. The van der Waals surface area contributed by atoms with Crippen LogP contribution in [0, 0.1) is 0 Å². The molecule has 1 aliphatic carbocycles. The SMILES string of the molecule is C[C@H](c1ccccc1)N1C(=O)C2=C(CCCC2)[C@@H]1O. The van der Waals surface area contributed by atoms with Crippen LogP contribution < -0.4 is 0 Å². The van der Waals surface area contributed by atoms with Crippen molar-refractivity contribution in [3.63, 3.8) is 0 Å². The Kier molecular flexibility index (Phi) is 3.15. The molecule has 0 saturated carbocycles. The molecule has 0 unspecified atom stereocenters. The molecule has 3 nitrogen and oxygen atoms in total. The fraction of sp³-hybridized carbons (Fsp3) is 0.438. The second-order valence-corrected chi connectivity index (χ2v) is 5.38. The Morgan fingerprint density at radius 3 is 2.58 bits per heavy atom. The second kappa shape index (κ2) is 4.82. The average molecular weight is 257 g/mol. The van der Waals surface area contributed by atoms with Crippen LogP contribution in [0.25, 0.3) is 0 Å². The lowest BCUT2D eigenvalue weighted by Gasteiger charge is -2.29. The van der Waals surface area contributed by atoms with Gasteiger partial charge in [-0.1, -0.05) is 30.3 Å². The van der Waals surface area contributed by atoms with Gasteiger partial charge in [0, 0.05) is 5.57 Å². The maximum atomic E-state index is 12.5. The Labute approximate surface area is 113 Å². The molecule has 0 fully saturated rings. The maximum absolute atomic E-state index is 12.5. The van der Waals surface area contributed by atoms with Gasteiger partial charge in [0.05, 0.1) is 6.04 Å². The lowest BCUT2D eigenvalue weighted by atomic mass is 9.93. The van der Waals surface area contributed by atoms with Crippen LogP contribution in [0.5, 0.6) is 0 Å². The summed E-state index contributed by atoms with van der Waals surface area (Å²) in [7, 11) is 0. The molecular weight excluding hydrogens is 238 g/mol. The average Bonchev–Trinajstić information content (AvgIpc) is 2.72. The predicted molar refractivity (Wildman–Crippen MR) is 73.2 cm³/mol. The maximum Gasteiger partial charge on any atom is 0.252 e. The van der Waals surface area contributed by atoms with Crippen LogP contribution >= 0.6 is 0 Å². The van der Waals surface area contributed by atoms with Gasteiger partial charge in [-0.25, -0.2) is 0 Å². The Bertz CT molecular complexity index is 521. The minimum absolute atomic E-state index is 0.0264. The number of nitrogens with zero attached hydrogens (tertiary/aromatic N) is 1. The van der Waals surface area contributed by atoms with Gasteiger partial charge in [0.1, 0.15) is 0 Å². The van der Waals surface area contributed by atoms with Gasteiger partial charge < -0.3 is 10.0 Å². The molecule has 0 radical (unpaired) electrons. The van der Waals surface area contributed by atoms with Gasteiger partial charge in [0.25, 0.3) is 5.91 Å². The molecule has 3 rings (SSSR count). The first-order valence-electron chi connectivity index (χ1n) is 6.97. The van der Waals surface area contributed by atoms with E-state index in [0.29, 0.717) is 0 Å². The smallest absolute Gasteiger partial charge is 0.252 e. The molecule has 1 aromatic carbocycles.